The van der Waals surface area contributed by atoms with Gasteiger partial charge in [-0.1, -0.05) is 6.08 Å². The van der Waals surface area contributed by atoms with Crippen molar-refractivity contribution in [1.82, 2.24) is 4.90 Å². The molecule has 0 bridgehead atoms. The van der Waals surface area contributed by atoms with Crippen LogP contribution in [0.3, 0.4) is 0 Å². The minimum absolute atomic E-state index is 0.608. The average Bonchev–Trinajstić information content (AvgIpc) is 2.35. The van der Waals surface area contributed by atoms with Crippen LogP contribution in [0.25, 0.3) is 0 Å². The minimum Gasteiger partial charge on any atom is -0.312 e. The molecule has 0 aromatic carbocycles. The van der Waals surface area contributed by atoms with Crippen LogP contribution < -0.4 is 5.73 Å². The van der Waals surface area contributed by atoms with Gasteiger partial charge in [0.2, 0.25) is 0 Å². The molecule has 0 aromatic heterocycles. The van der Waals surface area contributed by atoms with Gasteiger partial charge < -0.3 is 5.73 Å². The van der Waals surface area contributed by atoms with Crippen molar-refractivity contribution < 1.29 is 0 Å². The normalized spacial score (nSPS) is 31.6. The van der Waals surface area contributed by atoms with E-state index < -0.39 is 5.54 Å². The maximum atomic E-state index is 8.68. The van der Waals surface area contributed by atoms with E-state index in [1.54, 1.807) is 0 Å². The van der Waals surface area contributed by atoms with Gasteiger partial charge in [0.25, 0.3) is 0 Å². The Morgan fingerprint density at radius 2 is 2.55 bits per heavy atom. The molecule has 0 amide bonds. The summed E-state index contributed by atoms with van der Waals surface area (Å²) in [6, 6.07) is 2.13. The molecule has 0 aliphatic carbocycles. The number of likely N-dealkylation sites (tertiary alicyclic amines) is 1. The van der Waals surface area contributed by atoms with Crippen molar-refractivity contribution in [3.05, 3.63) is 12.7 Å². The molecule has 1 atom stereocenters. The summed E-state index contributed by atoms with van der Waals surface area (Å²) in [6.07, 6.45) is 2.61. The summed E-state index contributed by atoms with van der Waals surface area (Å²) in [5, 5.41) is 8.68. The molecule has 0 aromatic rings. The van der Waals surface area contributed by atoms with Crippen molar-refractivity contribution in [2.45, 2.75) is 12.0 Å². The van der Waals surface area contributed by atoms with Crippen LogP contribution in [0.2, 0.25) is 0 Å². The third-order valence-electron chi connectivity index (χ3n) is 1.99. The Bertz CT molecular complexity index is 194. The van der Waals surface area contributed by atoms with E-state index >= 15 is 0 Å². The number of nitriles is 1. The van der Waals surface area contributed by atoms with Gasteiger partial charge in [-0.25, -0.2) is 0 Å². The molecule has 1 unspecified atom stereocenters. The quantitative estimate of drug-likeness (QED) is 0.569. The first-order valence-electron chi connectivity index (χ1n) is 3.73. The Morgan fingerprint density at radius 1 is 1.82 bits per heavy atom. The highest BCUT2D eigenvalue weighted by Gasteiger charge is 2.33. The first-order chi connectivity index (χ1) is 5.20. The van der Waals surface area contributed by atoms with Crippen LogP contribution in [0.4, 0.5) is 0 Å². The SMILES string of the molecule is C=CCN1CCC(N)(C#N)C1. The molecule has 0 spiro atoms. The number of nitrogens with two attached hydrogens (primary N) is 1. The summed E-state index contributed by atoms with van der Waals surface area (Å²) in [6.45, 7) is 6.06. The van der Waals surface area contributed by atoms with Crippen LogP contribution in [0.1, 0.15) is 6.42 Å². The fourth-order valence-corrected chi connectivity index (χ4v) is 1.34. The van der Waals surface area contributed by atoms with Crippen LogP contribution in [0.15, 0.2) is 12.7 Å². The molecule has 0 radical (unpaired) electrons. The standard InChI is InChI=1S/C8H13N3/c1-2-4-11-5-3-8(10,6-9)7-11/h2H,1,3-5,7,10H2. The van der Waals surface area contributed by atoms with Gasteiger partial charge >= 0.3 is 0 Å². The highest BCUT2D eigenvalue weighted by atomic mass is 15.2. The van der Waals surface area contributed by atoms with Gasteiger partial charge in [0.1, 0.15) is 5.54 Å². The van der Waals surface area contributed by atoms with E-state index in [9.17, 15) is 0 Å². The first kappa shape index (κ1) is 8.25. The highest BCUT2D eigenvalue weighted by Crippen LogP contribution is 2.16. The summed E-state index contributed by atoms with van der Waals surface area (Å²) >= 11 is 0. The van der Waals surface area contributed by atoms with Crippen LogP contribution in [0, 0.1) is 11.3 Å². The van der Waals surface area contributed by atoms with Gasteiger partial charge in [-0.05, 0) is 6.42 Å². The van der Waals surface area contributed by atoms with Gasteiger partial charge in [-0.2, -0.15) is 5.26 Å². The zero-order chi connectivity index (χ0) is 8.32. The van der Waals surface area contributed by atoms with Crippen LogP contribution in [-0.4, -0.2) is 30.1 Å². The van der Waals surface area contributed by atoms with E-state index in [1.807, 2.05) is 6.08 Å². The van der Waals surface area contributed by atoms with Crippen molar-refractivity contribution in [2.75, 3.05) is 19.6 Å². The molecule has 1 aliphatic rings. The molecular weight excluding hydrogens is 138 g/mol. The number of nitrogens with zero attached hydrogens (tertiary/aromatic N) is 2. The second kappa shape index (κ2) is 3.04. The van der Waals surface area contributed by atoms with Crippen molar-refractivity contribution in [1.29, 1.82) is 5.26 Å². The third kappa shape index (κ3) is 1.79. The van der Waals surface area contributed by atoms with Gasteiger partial charge in [0, 0.05) is 19.6 Å². The van der Waals surface area contributed by atoms with E-state index in [0.717, 1.165) is 19.5 Å². The van der Waals surface area contributed by atoms with Crippen LogP contribution in [0.5, 0.6) is 0 Å². The molecule has 1 fully saturated rings. The van der Waals surface area contributed by atoms with E-state index in [1.165, 1.54) is 0 Å². The van der Waals surface area contributed by atoms with E-state index in [0.29, 0.717) is 6.54 Å². The topological polar surface area (TPSA) is 53.0 Å². The largest absolute Gasteiger partial charge is 0.312 e. The Morgan fingerprint density at radius 3 is 3.00 bits per heavy atom. The predicted octanol–water partition coefficient (Wildman–Crippen LogP) is 0.0992. The lowest BCUT2D eigenvalue weighted by atomic mass is 10.0. The summed E-state index contributed by atoms with van der Waals surface area (Å²) in [4.78, 5) is 2.14. The Labute approximate surface area is 67.1 Å². The summed E-state index contributed by atoms with van der Waals surface area (Å²) in [7, 11) is 0. The molecule has 3 heteroatoms. The van der Waals surface area contributed by atoms with E-state index in [4.69, 9.17) is 11.0 Å². The Hall–Kier alpha value is -0.850. The summed E-state index contributed by atoms with van der Waals surface area (Å²) in [5.74, 6) is 0. The molecule has 1 saturated heterocycles. The molecule has 2 N–H and O–H groups in total. The predicted molar refractivity (Wildman–Crippen MR) is 43.8 cm³/mol. The van der Waals surface area contributed by atoms with Gasteiger partial charge in [-0.3, -0.25) is 4.90 Å². The number of rotatable bonds is 2. The highest BCUT2D eigenvalue weighted by molar-refractivity contribution is 5.10. The zero-order valence-electron chi connectivity index (χ0n) is 6.58. The summed E-state index contributed by atoms with van der Waals surface area (Å²) in [5.41, 5.74) is 5.13. The van der Waals surface area contributed by atoms with Crippen LogP contribution >= 0.6 is 0 Å². The Kier molecular flexibility index (Phi) is 2.28. The molecule has 3 nitrogen and oxygen atoms in total. The third-order valence-corrected chi connectivity index (χ3v) is 1.99. The zero-order valence-corrected chi connectivity index (χ0v) is 6.58. The molecule has 1 rings (SSSR count). The fourth-order valence-electron chi connectivity index (χ4n) is 1.34. The molecule has 60 valence electrons. The summed E-state index contributed by atoms with van der Waals surface area (Å²) < 4.78 is 0. The van der Waals surface area contributed by atoms with E-state index in [2.05, 4.69) is 17.5 Å². The minimum atomic E-state index is -0.608. The van der Waals surface area contributed by atoms with Crippen molar-refractivity contribution in [2.24, 2.45) is 5.73 Å². The second-order valence-corrected chi connectivity index (χ2v) is 3.04. The van der Waals surface area contributed by atoms with Gasteiger partial charge in [0.15, 0.2) is 0 Å². The van der Waals surface area contributed by atoms with Gasteiger partial charge in [0.05, 0.1) is 6.07 Å². The van der Waals surface area contributed by atoms with Crippen molar-refractivity contribution >= 4 is 0 Å². The molecule has 11 heavy (non-hydrogen) atoms. The maximum absolute atomic E-state index is 8.68. The molecule has 1 aliphatic heterocycles. The van der Waals surface area contributed by atoms with E-state index in [-0.39, 0.29) is 0 Å². The monoisotopic (exact) mass is 151 g/mol. The lowest BCUT2D eigenvalue weighted by Crippen LogP contribution is -2.40. The lowest BCUT2D eigenvalue weighted by molar-refractivity contribution is 0.361. The molecule has 1 heterocycles. The fraction of sp³-hybridized carbons (Fsp3) is 0.625. The number of hydrogen-bond donors (Lipinski definition) is 1. The average molecular weight is 151 g/mol. The van der Waals surface area contributed by atoms with Crippen molar-refractivity contribution in [3.63, 3.8) is 0 Å². The smallest absolute Gasteiger partial charge is 0.118 e. The van der Waals surface area contributed by atoms with Crippen molar-refractivity contribution in [3.8, 4) is 6.07 Å². The lowest BCUT2D eigenvalue weighted by Gasteiger charge is -2.15. The first-order valence-corrected chi connectivity index (χ1v) is 3.73. The molecular formula is C8H13N3. The molecule has 0 saturated carbocycles. The van der Waals surface area contributed by atoms with Gasteiger partial charge in [-0.15, -0.1) is 6.58 Å². The van der Waals surface area contributed by atoms with Crippen LogP contribution in [-0.2, 0) is 0 Å². The number of hydrogen-bond acceptors (Lipinski definition) is 3. The second-order valence-electron chi connectivity index (χ2n) is 3.04. The maximum Gasteiger partial charge on any atom is 0.118 e. The Balaban J connectivity index is 2.47.